The Bertz CT molecular complexity index is 369. The molecule has 0 saturated heterocycles. The van der Waals surface area contributed by atoms with Gasteiger partial charge in [-0.1, -0.05) is 18.9 Å². The molecule has 1 amide bonds. The molecule has 1 aliphatic carbocycles. The number of rotatable bonds is 7. The molecule has 1 saturated carbocycles. The van der Waals surface area contributed by atoms with Crippen LogP contribution < -0.4 is 5.32 Å². The van der Waals surface area contributed by atoms with Crippen molar-refractivity contribution in [1.82, 2.24) is 5.32 Å². The number of carbonyl (C=O) groups is 2. The lowest BCUT2D eigenvalue weighted by Gasteiger charge is -2.40. The van der Waals surface area contributed by atoms with E-state index in [9.17, 15) is 14.7 Å². The molecule has 1 fully saturated rings. The zero-order valence-corrected chi connectivity index (χ0v) is 12.4. The molecule has 0 aromatic heterocycles. The van der Waals surface area contributed by atoms with E-state index in [1.165, 1.54) is 0 Å². The molecule has 0 bridgehead atoms. The largest absolute Gasteiger partial charge is 0.481 e. The van der Waals surface area contributed by atoms with Crippen LogP contribution in [0.25, 0.3) is 0 Å². The van der Waals surface area contributed by atoms with Crippen LogP contribution in [0.3, 0.4) is 0 Å². The zero-order chi connectivity index (χ0) is 15.2. The van der Waals surface area contributed by atoms with Gasteiger partial charge in [0.2, 0.25) is 5.91 Å². The van der Waals surface area contributed by atoms with Gasteiger partial charge in [0, 0.05) is 0 Å². The van der Waals surface area contributed by atoms with Crippen molar-refractivity contribution in [2.24, 2.45) is 5.92 Å². The van der Waals surface area contributed by atoms with Crippen LogP contribution in [-0.2, 0) is 14.3 Å². The van der Waals surface area contributed by atoms with Crippen LogP contribution in [0.1, 0.15) is 46.0 Å². The summed E-state index contributed by atoms with van der Waals surface area (Å²) in [6.07, 6.45) is 4.97. The summed E-state index contributed by atoms with van der Waals surface area (Å²) >= 11 is 0. The summed E-state index contributed by atoms with van der Waals surface area (Å²) in [5.74, 6) is -1.61. The van der Waals surface area contributed by atoms with Crippen LogP contribution in [0.4, 0.5) is 0 Å². The molecule has 0 aliphatic heterocycles. The van der Waals surface area contributed by atoms with Crippen LogP contribution in [0, 0.1) is 5.92 Å². The third-order valence-electron chi connectivity index (χ3n) is 3.97. The molecular formula is C15H25NO4. The van der Waals surface area contributed by atoms with E-state index in [0.29, 0.717) is 25.9 Å². The lowest BCUT2D eigenvalue weighted by molar-refractivity contribution is -0.147. The van der Waals surface area contributed by atoms with Crippen molar-refractivity contribution in [1.29, 1.82) is 0 Å². The van der Waals surface area contributed by atoms with Crippen molar-refractivity contribution < 1.29 is 19.4 Å². The average Bonchev–Trinajstić information content (AvgIpc) is 2.38. The number of aliphatic carboxylic acids is 1. The van der Waals surface area contributed by atoms with Gasteiger partial charge in [0.15, 0.2) is 0 Å². The number of ether oxygens (including phenoxy) is 1. The number of nitrogens with one attached hydrogen (secondary N) is 1. The van der Waals surface area contributed by atoms with Crippen LogP contribution in [-0.4, -0.2) is 35.2 Å². The standard InChI is InChI=1S/C15H25NO4/c1-4-5-10-20-11(2)13(17)16-15(3)9-7-6-8-12(15)14(18)19/h4,11-12H,1,5-10H2,2-3H3,(H,16,17)(H,18,19). The second-order valence-electron chi connectivity index (χ2n) is 5.63. The maximum absolute atomic E-state index is 12.1. The van der Waals surface area contributed by atoms with Crippen LogP contribution in [0.5, 0.6) is 0 Å². The molecule has 0 radical (unpaired) electrons. The van der Waals surface area contributed by atoms with Gasteiger partial charge in [0.05, 0.1) is 18.1 Å². The monoisotopic (exact) mass is 283 g/mol. The summed E-state index contributed by atoms with van der Waals surface area (Å²) < 4.78 is 5.40. The maximum Gasteiger partial charge on any atom is 0.308 e. The second-order valence-corrected chi connectivity index (χ2v) is 5.63. The van der Waals surface area contributed by atoms with E-state index in [2.05, 4.69) is 11.9 Å². The predicted octanol–water partition coefficient (Wildman–Crippen LogP) is 2.12. The number of hydrogen-bond acceptors (Lipinski definition) is 3. The Morgan fingerprint density at radius 3 is 2.85 bits per heavy atom. The van der Waals surface area contributed by atoms with E-state index < -0.39 is 23.5 Å². The molecule has 3 unspecified atom stereocenters. The average molecular weight is 283 g/mol. The molecule has 20 heavy (non-hydrogen) atoms. The summed E-state index contributed by atoms with van der Waals surface area (Å²) in [6.45, 7) is 7.53. The molecule has 5 heteroatoms. The number of carboxylic acid groups (broad SMARTS) is 1. The van der Waals surface area contributed by atoms with Gasteiger partial charge in [0.1, 0.15) is 6.10 Å². The smallest absolute Gasteiger partial charge is 0.308 e. The second kappa shape index (κ2) is 7.43. The number of hydrogen-bond donors (Lipinski definition) is 2. The Kier molecular flexibility index (Phi) is 6.20. The van der Waals surface area contributed by atoms with E-state index in [1.54, 1.807) is 13.0 Å². The van der Waals surface area contributed by atoms with E-state index in [4.69, 9.17) is 4.74 Å². The minimum atomic E-state index is -0.840. The fraction of sp³-hybridized carbons (Fsp3) is 0.733. The minimum absolute atomic E-state index is 0.246. The van der Waals surface area contributed by atoms with E-state index in [0.717, 1.165) is 12.8 Å². The first-order valence-electron chi connectivity index (χ1n) is 7.18. The Morgan fingerprint density at radius 1 is 1.55 bits per heavy atom. The quantitative estimate of drug-likeness (QED) is 0.554. The van der Waals surface area contributed by atoms with Gasteiger partial charge in [-0.25, -0.2) is 0 Å². The zero-order valence-electron chi connectivity index (χ0n) is 12.4. The Hall–Kier alpha value is -1.36. The van der Waals surface area contributed by atoms with Crippen LogP contribution >= 0.6 is 0 Å². The minimum Gasteiger partial charge on any atom is -0.481 e. The van der Waals surface area contributed by atoms with Crippen molar-refractivity contribution in [3.05, 3.63) is 12.7 Å². The normalized spacial score (nSPS) is 27.6. The summed E-state index contributed by atoms with van der Waals surface area (Å²) in [5.41, 5.74) is -0.683. The summed E-state index contributed by atoms with van der Waals surface area (Å²) in [4.78, 5) is 23.5. The van der Waals surface area contributed by atoms with Crippen molar-refractivity contribution in [2.75, 3.05) is 6.61 Å². The Balaban J connectivity index is 2.61. The van der Waals surface area contributed by atoms with Crippen LogP contribution in [0.2, 0.25) is 0 Å². The highest BCUT2D eigenvalue weighted by Crippen LogP contribution is 2.33. The highest BCUT2D eigenvalue weighted by Gasteiger charge is 2.42. The summed E-state index contributed by atoms with van der Waals surface area (Å²) in [5, 5.41) is 12.2. The molecule has 0 aromatic rings. The number of amides is 1. The first kappa shape index (κ1) is 16.7. The highest BCUT2D eigenvalue weighted by atomic mass is 16.5. The SMILES string of the molecule is C=CCCOC(C)C(=O)NC1(C)CCCCC1C(=O)O. The van der Waals surface area contributed by atoms with E-state index in [-0.39, 0.29) is 5.91 Å². The highest BCUT2D eigenvalue weighted by molar-refractivity contribution is 5.82. The van der Waals surface area contributed by atoms with Gasteiger partial charge in [-0.15, -0.1) is 6.58 Å². The molecular weight excluding hydrogens is 258 g/mol. The Morgan fingerprint density at radius 2 is 2.25 bits per heavy atom. The van der Waals surface area contributed by atoms with Gasteiger partial charge in [-0.05, 0) is 33.1 Å². The molecule has 2 N–H and O–H groups in total. The van der Waals surface area contributed by atoms with Gasteiger partial charge in [-0.3, -0.25) is 9.59 Å². The van der Waals surface area contributed by atoms with E-state index >= 15 is 0 Å². The molecule has 3 atom stereocenters. The Labute approximate surface area is 120 Å². The van der Waals surface area contributed by atoms with Gasteiger partial charge in [-0.2, -0.15) is 0 Å². The summed E-state index contributed by atoms with van der Waals surface area (Å²) in [6, 6.07) is 0. The summed E-state index contributed by atoms with van der Waals surface area (Å²) in [7, 11) is 0. The van der Waals surface area contributed by atoms with Crippen LogP contribution in [0.15, 0.2) is 12.7 Å². The third kappa shape index (κ3) is 4.34. The topological polar surface area (TPSA) is 75.6 Å². The van der Waals surface area contributed by atoms with Gasteiger partial charge < -0.3 is 15.2 Å². The van der Waals surface area contributed by atoms with Gasteiger partial charge >= 0.3 is 5.97 Å². The first-order valence-corrected chi connectivity index (χ1v) is 7.18. The van der Waals surface area contributed by atoms with Crippen molar-refractivity contribution in [2.45, 2.75) is 57.6 Å². The molecule has 114 valence electrons. The molecule has 1 aliphatic rings. The molecule has 0 heterocycles. The number of carbonyl (C=O) groups excluding carboxylic acids is 1. The predicted molar refractivity (Wildman–Crippen MR) is 76.4 cm³/mol. The fourth-order valence-electron chi connectivity index (χ4n) is 2.67. The van der Waals surface area contributed by atoms with Crippen molar-refractivity contribution in [3.8, 4) is 0 Å². The van der Waals surface area contributed by atoms with Crippen molar-refractivity contribution >= 4 is 11.9 Å². The number of carboxylic acids is 1. The van der Waals surface area contributed by atoms with E-state index in [1.807, 2.05) is 6.92 Å². The first-order chi connectivity index (χ1) is 9.40. The molecule has 5 nitrogen and oxygen atoms in total. The molecule has 0 spiro atoms. The van der Waals surface area contributed by atoms with Crippen molar-refractivity contribution in [3.63, 3.8) is 0 Å². The lowest BCUT2D eigenvalue weighted by Crippen LogP contribution is -2.57. The van der Waals surface area contributed by atoms with Gasteiger partial charge in [0.25, 0.3) is 0 Å². The molecule has 0 aromatic carbocycles. The maximum atomic E-state index is 12.1. The lowest BCUT2D eigenvalue weighted by atomic mass is 9.74. The third-order valence-corrected chi connectivity index (χ3v) is 3.97. The molecule has 1 rings (SSSR count). The fourth-order valence-corrected chi connectivity index (χ4v) is 2.67.